The molecule has 0 heterocycles. The number of unbranched alkanes of at least 4 members (excludes halogenated alkanes) is 3. The number of carboxylic acid groups (broad SMARTS) is 1. The summed E-state index contributed by atoms with van der Waals surface area (Å²) in [5.41, 5.74) is 1.06. The third kappa shape index (κ3) is 5.95. The van der Waals surface area contributed by atoms with Crippen LogP contribution < -0.4 is 10.1 Å². The molecule has 1 amide bonds. The molecule has 5 heteroatoms. The van der Waals surface area contributed by atoms with Gasteiger partial charge in [0.15, 0.2) is 0 Å². The maximum atomic E-state index is 12.2. The summed E-state index contributed by atoms with van der Waals surface area (Å²) in [7, 11) is 0. The summed E-state index contributed by atoms with van der Waals surface area (Å²) in [5, 5.41) is 11.7. The number of hydrogen-bond acceptors (Lipinski definition) is 3. The standard InChI is InChI=1S/C20H23NO4/c1-2-3-4-5-13-25-18-11-9-15(10-12-18)19(22)21-17-8-6-7-16(14-17)20(23)24/h6-12,14H,2-5,13H2,1H3,(H,21,22)(H,23,24). The van der Waals surface area contributed by atoms with Crippen molar-refractivity contribution in [2.24, 2.45) is 0 Å². The first kappa shape index (κ1) is 18.5. The van der Waals surface area contributed by atoms with Crippen LogP contribution in [-0.4, -0.2) is 23.6 Å². The third-order valence-corrected chi connectivity index (χ3v) is 3.75. The minimum absolute atomic E-state index is 0.129. The van der Waals surface area contributed by atoms with Gasteiger partial charge in [-0.25, -0.2) is 4.79 Å². The molecule has 2 aromatic rings. The zero-order valence-electron chi connectivity index (χ0n) is 14.3. The van der Waals surface area contributed by atoms with Crippen LogP contribution in [0.25, 0.3) is 0 Å². The van der Waals surface area contributed by atoms with Crippen molar-refractivity contribution in [3.05, 3.63) is 59.7 Å². The van der Waals surface area contributed by atoms with Gasteiger partial charge in [0.05, 0.1) is 12.2 Å². The lowest BCUT2D eigenvalue weighted by molar-refractivity contribution is 0.0696. The van der Waals surface area contributed by atoms with Gasteiger partial charge in [-0.1, -0.05) is 32.3 Å². The van der Waals surface area contributed by atoms with Gasteiger partial charge < -0.3 is 15.2 Å². The number of carboxylic acids is 1. The van der Waals surface area contributed by atoms with E-state index in [0.29, 0.717) is 17.9 Å². The molecule has 0 saturated heterocycles. The number of nitrogens with one attached hydrogen (secondary N) is 1. The predicted molar refractivity (Wildman–Crippen MR) is 97.4 cm³/mol. The molecule has 0 atom stereocenters. The Kier molecular flexibility index (Phi) is 7.01. The zero-order valence-corrected chi connectivity index (χ0v) is 14.3. The number of carbonyl (C=O) groups excluding carboxylic acids is 1. The Morgan fingerprint density at radius 3 is 2.44 bits per heavy atom. The van der Waals surface area contributed by atoms with Crippen molar-refractivity contribution in [2.45, 2.75) is 32.6 Å². The Bertz CT molecular complexity index is 710. The van der Waals surface area contributed by atoms with Crippen LogP contribution in [-0.2, 0) is 0 Å². The average molecular weight is 341 g/mol. The molecule has 0 radical (unpaired) electrons. The van der Waals surface area contributed by atoms with Crippen molar-refractivity contribution < 1.29 is 19.4 Å². The number of carbonyl (C=O) groups is 2. The molecule has 132 valence electrons. The Balaban J connectivity index is 1.89. The van der Waals surface area contributed by atoms with Gasteiger partial charge in [0.2, 0.25) is 0 Å². The van der Waals surface area contributed by atoms with E-state index in [4.69, 9.17) is 9.84 Å². The van der Waals surface area contributed by atoms with Crippen LogP contribution in [0.2, 0.25) is 0 Å². The van der Waals surface area contributed by atoms with Crippen molar-refractivity contribution in [3.63, 3.8) is 0 Å². The number of hydrogen-bond donors (Lipinski definition) is 2. The fraction of sp³-hybridized carbons (Fsp3) is 0.300. The maximum Gasteiger partial charge on any atom is 0.335 e. The zero-order chi connectivity index (χ0) is 18.1. The molecule has 0 aliphatic carbocycles. The van der Waals surface area contributed by atoms with Crippen molar-refractivity contribution in [1.29, 1.82) is 0 Å². The van der Waals surface area contributed by atoms with E-state index in [9.17, 15) is 9.59 Å². The van der Waals surface area contributed by atoms with Crippen LogP contribution in [0, 0.1) is 0 Å². The highest BCUT2D eigenvalue weighted by atomic mass is 16.5. The summed E-state index contributed by atoms with van der Waals surface area (Å²) in [6.45, 7) is 2.84. The van der Waals surface area contributed by atoms with Gasteiger partial charge >= 0.3 is 5.97 Å². The molecular formula is C20H23NO4. The highest BCUT2D eigenvalue weighted by molar-refractivity contribution is 6.04. The summed E-state index contributed by atoms with van der Waals surface area (Å²) in [5.74, 6) is -0.588. The van der Waals surface area contributed by atoms with E-state index in [0.717, 1.165) is 18.6 Å². The number of benzene rings is 2. The van der Waals surface area contributed by atoms with Crippen molar-refractivity contribution in [3.8, 4) is 5.75 Å². The Morgan fingerprint density at radius 2 is 1.76 bits per heavy atom. The molecule has 2 rings (SSSR count). The van der Waals surface area contributed by atoms with Gasteiger partial charge in [-0.2, -0.15) is 0 Å². The Labute approximate surface area is 147 Å². The molecular weight excluding hydrogens is 318 g/mol. The minimum Gasteiger partial charge on any atom is -0.494 e. The lowest BCUT2D eigenvalue weighted by Crippen LogP contribution is -2.12. The minimum atomic E-state index is -1.03. The van der Waals surface area contributed by atoms with E-state index >= 15 is 0 Å². The van der Waals surface area contributed by atoms with Gasteiger partial charge in [0, 0.05) is 11.3 Å². The number of aromatic carboxylic acids is 1. The maximum absolute atomic E-state index is 12.2. The van der Waals surface area contributed by atoms with Gasteiger partial charge in [-0.3, -0.25) is 4.79 Å². The van der Waals surface area contributed by atoms with Gasteiger partial charge in [0.1, 0.15) is 5.75 Å². The first-order valence-electron chi connectivity index (χ1n) is 8.47. The van der Waals surface area contributed by atoms with Gasteiger partial charge in [-0.15, -0.1) is 0 Å². The predicted octanol–water partition coefficient (Wildman–Crippen LogP) is 4.60. The molecule has 0 aliphatic rings. The highest BCUT2D eigenvalue weighted by Crippen LogP contribution is 2.16. The first-order valence-corrected chi connectivity index (χ1v) is 8.47. The molecule has 2 N–H and O–H groups in total. The molecule has 0 bridgehead atoms. The molecule has 5 nitrogen and oxygen atoms in total. The van der Waals surface area contributed by atoms with Crippen molar-refractivity contribution in [2.75, 3.05) is 11.9 Å². The van der Waals surface area contributed by atoms with Crippen LogP contribution in [0.3, 0.4) is 0 Å². The molecule has 2 aromatic carbocycles. The average Bonchev–Trinajstić information content (AvgIpc) is 2.62. The second kappa shape index (κ2) is 9.47. The largest absolute Gasteiger partial charge is 0.494 e. The van der Waals surface area contributed by atoms with Crippen LogP contribution in [0.5, 0.6) is 5.75 Å². The van der Waals surface area contributed by atoms with Crippen molar-refractivity contribution in [1.82, 2.24) is 0 Å². The SMILES string of the molecule is CCCCCCOc1ccc(C(=O)Nc2cccc(C(=O)O)c2)cc1. The first-order chi connectivity index (χ1) is 12.1. The van der Waals surface area contributed by atoms with E-state index < -0.39 is 5.97 Å². The number of anilines is 1. The van der Waals surface area contributed by atoms with E-state index in [-0.39, 0.29) is 11.5 Å². The molecule has 0 unspecified atom stereocenters. The van der Waals surface area contributed by atoms with Crippen LogP contribution >= 0.6 is 0 Å². The third-order valence-electron chi connectivity index (χ3n) is 3.75. The summed E-state index contributed by atoms with van der Waals surface area (Å²) < 4.78 is 5.65. The van der Waals surface area contributed by atoms with Crippen LogP contribution in [0.4, 0.5) is 5.69 Å². The number of rotatable bonds is 9. The number of ether oxygens (including phenoxy) is 1. The summed E-state index contributed by atoms with van der Waals surface area (Å²) >= 11 is 0. The fourth-order valence-electron chi connectivity index (χ4n) is 2.35. The fourth-order valence-corrected chi connectivity index (χ4v) is 2.35. The molecule has 0 spiro atoms. The second-order valence-corrected chi connectivity index (χ2v) is 5.77. The topological polar surface area (TPSA) is 75.6 Å². The van der Waals surface area contributed by atoms with Crippen LogP contribution in [0.15, 0.2) is 48.5 Å². The van der Waals surface area contributed by atoms with Crippen molar-refractivity contribution >= 4 is 17.6 Å². The van der Waals surface area contributed by atoms with E-state index in [1.807, 2.05) is 0 Å². The monoisotopic (exact) mass is 341 g/mol. The summed E-state index contributed by atoms with van der Waals surface area (Å²) in [6.07, 6.45) is 4.59. The second-order valence-electron chi connectivity index (χ2n) is 5.77. The van der Waals surface area contributed by atoms with Gasteiger partial charge in [0.25, 0.3) is 5.91 Å². The molecule has 25 heavy (non-hydrogen) atoms. The highest BCUT2D eigenvalue weighted by Gasteiger charge is 2.08. The summed E-state index contributed by atoms with van der Waals surface area (Å²) in [4.78, 5) is 23.2. The molecule has 0 aromatic heterocycles. The van der Waals surface area contributed by atoms with E-state index in [2.05, 4.69) is 12.2 Å². The number of amides is 1. The molecule has 0 saturated carbocycles. The molecule has 0 fully saturated rings. The normalized spacial score (nSPS) is 10.3. The van der Waals surface area contributed by atoms with Gasteiger partial charge in [-0.05, 0) is 48.9 Å². The lowest BCUT2D eigenvalue weighted by atomic mass is 10.1. The molecule has 0 aliphatic heterocycles. The Morgan fingerprint density at radius 1 is 1.00 bits per heavy atom. The lowest BCUT2D eigenvalue weighted by Gasteiger charge is -2.08. The quantitative estimate of drug-likeness (QED) is 0.654. The van der Waals surface area contributed by atoms with Crippen LogP contribution in [0.1, 0.15) is 53.3 Å². The van der Waals surface area contributed by atoms with E-state index in [1.165, 1.54) is 25.0 Å². The smallest absolute Gasteiger partial charge is 0.335 e. The summed E-state index contributed by atoms with van der Waals surface area (Å²) in [6, 6.07) is 13.1. The Hall–Kier alpha value is -2.82. The van der Waals surface area contributed by atoms with E-state index in [1.54, 1.807) is 36.4 Å².